The third kappa shape index (κ3) is 3.22. The van der Waals surface area contributed by atoms with Crippen LogP contribution in [0.1, 0.15) is 10.5 Å². The van der Waals surface area contributed by atoms with Crippen LogP contribution in [0.3, 0.4) is 0 Å². The molecule has 1 aromatic heterocycles. The van der Waals surface area contributed by atoms with Crippen LogP contribution in [-0.4, -0.2) is 10.9 Å². The first-order valence-electron chi connectivity index (χ1n) is 4.94. The van der Waals surface area contributed by atoms with E-state index >= 15 is 0 Å². The number of halogens is 3. The number of carbonyl (C=O) groups excluding carboxylic acids is 1. The fourth-order valence-corrected chi connectivity index (χ4v) is 1.95. The van der Waals surface area contributed by atoms with Crippen molar-refractivity contribution in [1.82, 2.24) is 4.98 Å². The van der Waals surface area contributed by atoms with Gasteiger partial charge in [0, 0.05) is 21.4 Å². The van der Waals surface area contributed by atoms with E-state index in [1.54, 1.807) is 24.3 Å². The van der Waals surface area contributed by atoms with Crippen molar-refractivity contribution in [3.05, 3.63) is 56.7 Å². The Kier molecular flexibility index (Phi) is 4.22. The Hall–Kier alpha value is -1.10. The number of anilines is 1. The van der Waals surface area contributed by atoms with E-state index in [9.17, 15) is 4.79 Å². The van der Waals surface area contributed by atoms with Crippen LogP contribution in [0.4, 0.5) is 5.69 Å². The van der Waals surface area contributed by atoms with E-state index in [4.69, 9.17) is 23.2 Å². The Morgan fingerprint density at radius 2 is 2.00 bits per heavy atom. The van der Waals surface area contributed by atoms with Crippen LogP contribution in [0, 0.1) is 0 Å². The fraction of sp³-hybridized carbons (Fsp3) is 0. The van der Waals surface area contributed by atoms with Crippen LogP contribution in [0.25, 0.3) is 0 Å². The first-order chi connectivity index (χ1) is 8.56. The number of hydrogen-bond acceptors (Lipinski definition) is 2. The molecule has 0 aliphatic rings. The van der Waals surface area contributed by atoms with Crippen molar-refractivity contribution in [1.29, 1.82) is 0 Å². The molecule has 0 fully saturated rings. The monoisotopic (exact) mass is 344 g/mol. The molecular formula is C12H7BrCl2N2O. The van der Waals surface area contributed by atoms with E-state index in [0.717, 1.165) is 0 Å². The minimum atomic E-state index is -0.327. The molecule has 1 N–H and O–H groups in total. The first kappa shape index (κ1) is 13.3. The van der Waals surface area contributed by atoms with E-state index in [1.807, 2.05) is 0 Å². The predicted octanol–water partition coefficient (Wildman–Crippen LogP) is 4.40. The van der Waals surface area contributed by atoms with Crippen LogP contribution in [-0.2, 0) is 0 Å². The minimum absolute atomic E-state index is 0.258. The summed E-state index contributed by atoms with van der Waals surface area (Å²) in [7, 11) is 0. The van der Waals surface area contributed by atoms with E-state index in [1.165, 1.54) is 12.3 Å². The van der Waals surface area contributed by atoms with Gasteiger partial charge >= 0.3 is 0 Å². The highest BCUT2D eigenvalue weighted by Gasteiger charge is 2.08. The zero-order chi connectivity index (χ0) is 13.1. The van der Waals surface area contributed by atoms with Crippen LogP contribution in [0.2, 0.25) is 10.0 Å². The normalized spacial score (nSPS) is 10.2. The summed E-state index contributed by atoms with van der Waals surface area (Å²) < 4.78 is 0.709. The SMILES string of the molecule is O=C(Nc1ccc(Cl)c(Br)c1)c1cc(Cl)ccn1. The molecule has 0 radical (unpaired) electrons. The van der Waals surface area contributed by atoms with Crippen molar-refractivity contribution in [2.24, 2.45) is 0 Å². The largest absolute Gasteiger partial charge is 0.321 e. The smallest absolute Gasteiger partial charge is 0.274 e. The molecule has 2 rings (SSSR count). The van der Waals surface area contributed by atoms with E-state index in [0.29, 0.717) is 20.2 Å². The number of nitrogens with zero attached hydrogens (tertiary/aromatic N) is 1. The summed E-state index contributed by atoms with van der Waals surface area (Å²) in [6, 6.07) is 8.21. The molecule has 0 unspecified atom stereocenters. The van der Waals surface area contributed by atoms with E-state index in [2.05, 4.69) is 26.2 Å². The maximum atomic E-state index is 11.9. The lowest BCUT2D eigenvalue weighted by Crippen LogP contribution is -2.13. The third-order valence-corrected chi connectivity index (χ3v) is 3.58. The molecule has 3 nitrogen and oxygen atoms in total. The second-order valence-electron chi connectivity index (χ2n) is 3.44. The van der Waals surface area contributed by atoms with Crippen LogP contribution in [0.15, 0.2) is 41.0 Å². The van der Waals surface area contributed by atoms with Crippen molar-refractivity contribution >= 4 is 50.7 Å². The maximum Gasteiger partial charge on any atom is 0.274 e. The summed E-state index contributed by atoms with van der Waals surface area (Å²) in [4.78, 5) is 15.8. The van der Waals surface area contributed by atoms with Crippen molar-refractivity contribution in [2.45, 2.75) is 0 Å². The van der Waals surface area contributed by atoms with Gasteiger partial charge in [0.1, 0.15) is 5.69 Å². The Bertz CT molecular complexity index is 604. The Morgan fingerprint density at radius 3 is 2.67 bits per heavy atom. The van der Waals surface area contributed by atoms with Gasteiger partial charge in [-0.05, 0) is 46.3 Å². The fourth-order valence-electron chi connectivity index (χ4n) is 1.30. The molecule has 0 atom stereocenters. The Morgan fingerprint density at radius 1 is 1.22 bits per heavy atom. The number of hydrogen-bond donors (Lipinski definition) is 1. The number of nitrogens with one attached hydrogen (secondary N) is 1. The molecule has 0 bridgehead atoms. The summed E-state index contributed by atoms with van der Waals surface area (Å²) in [6.45, 7) is 0. The molecule has 0 saturated carbocycles. The number of amides is 1. The highest BCUT2D eigenvalue weighted by Crippen LogP contribution is 2.25. The van der Waals surface area contributed by atoms with Crippen molar-refractivity contribution in [3.8, 4) is 0 Å². The van der Waals surface area contributed by atoms with Gasteiger partial charge < -0.3 is 5.32 Å². The number of pyridine rings is 1. The standard InChI is InChI=1S/C12H7BrCl2N2O/c13-9-6-8(1-2-10(9)15)17-12(18)11-5-7(14)3-4-16-11/h1-6H,(H,17,18). The second-order valence-corrected chi connectivity index (χ2v) is 5.14. The molecule has 0 spiro atoms. The zero-order valence-corrected chi connectivity index (χ0v) is 12.1. The van der Waals surface area contributed by atoms with Gasteiger partial charge in [-0.1, -0.05) is 23.2 Å². The van der Waals surface area contributed by atoms with Crippen LogP contribution in [0.5, 0.6) is 0 Å². The summed E-state index contributed by atoms with van der Waals surface area (Å²) in [6.07, 6.45) is 1.48. The van der Waals surface area contributed by atoms with Gasteiger partial charge in [0.05, 0.1) is 5.02 Å². The molecule has 1 heterocycles. The molecule has 92 valence electrons. The zero-order valence-electron chi connectivity index (χ0n) is 8.95. The first-order valence-corrected chi connectivity index (χ1v) is 6.49. The summed E-state index contributed by atoms with van der Waals surface area (Å²) in [5.74, 6) is -0.327. The number of aromatic nitrogens is 1. The minimum Gasteiger partial charge on any atom is -0.321 e. The van der Waals surface area contributed by atoms with Crippen LogP contribution < -0.4 is 5.32 Å². The molecule has 0 aliphatic heterocycles. The van der Waals surface area contributed by atoms with Gasteiger partial charge in [0.2, 0.25) is 0 Å². The average Bonchev–Trinajstić information content (AvgIpc) is 2.34. The summed E-state index contributed by atoms with van der Waals surface area (Å²) in [5, 5.41) is 3.75. The van der Waals surface area contributed by atoms with Crippen LogP contribution >= 0.6 is 39.1 Å². The summed E-state index contributed by atoms with van der Waals surface area (Å²) >= 11 is 14.9. The lowest BCUT2D eigenvalue weighted by molar-refractivity contribution is 0.102. The molecule has 1 aromatic carbocycles. The van der Waals surface area contributed by atoms with Crippen molar-refractivity contribution < 1.29 is 4.79 Å². The molecule has 6 heteroatoms. The molecule has 0 saturated heterocycles. The highest BCUT2D eigenvalue weighted by atomic mass is 79.9. The lowest BCUT2D eigenvalue weighted by atomic mass is 10.3. The molecule has 0 aliphatic carbocycles. The third-order valence-electron chi connectivity index (χ3n) is 2.13. The van der Waals surface area contributed by atoms with Crippen molar-refractivity contribution in [3.63, 3.8) is 0 Å². The van der Waals surface area contributed by atoms with Gasteiger partial charge in [0.15, 0.2) is 0 Å². The van der Waals surface area contributed by atoms with Gasteiger partial charge in [-0.2, -0.15) is 0 Å². The second kappa shape index (κ2) is 5.69. The average molecular weight is 346 g/mol. The molecule has 2 aromatic rings. The Balaban J connectivity index is 2.18. The number of benzene rings is 1. The van der Waals surface area contributed by atoms with E-state index in [-0.39, 0.29) is 11.6 Å². The molecule has 1 amide bonds. The lowest BCUT2D eigenvalue weighted by Gasteiger charge is -2.06. The van der Waals surface area contributed by atoms with Gasteiger partial charge in [-0.15, -0.1) is 0 Å². The van der Waals surface area contributed by atoms with Gasteiger partial charge in [-0.25, -0.2) is 0 Å². The topological polar surface area (TPSA) is 42.0 Å². The Labute approximate surface area is 122 Å². The highest BCUT2D eigenvalue weighted by molar-refractivity contribution is 9.10. The molecular weight excluding hydrogens is 339 g/mol. The number of carbonyl (C=O) groups is 1. The maximum absolute atomic E-state index is 11.9. The predicted molar refractivity (Wildman–Crippen MR) is 76.4 cm³/mol. The summed E-state index contributed by atoms with van der Waals surface area (Å²) in [5.41, 5.74) is 0.881. The quantitative estimate of drug-likeness (QED) is 0.876. The van der Waals surface area contributed by atoms with Gasteiger partial charge in [-0.3, -0.25) is 9.78 Å². The number of rotatable bonds is 2. The van der Waals surface area contributed by atoms with E-state index < -0.39 is 0 Å². The van der Waals surface area contributed by atoms with Gasteiger partial charge in [0.25, 0.3) is 5.91 Å². The molecule has 18 heavy (non-hydrogen) atoms. The van der Waals surface area contributed by atoms with Crippen molar-refractivity contribution in [2.75, 3.05) is 5.32 Å².